The van der Waals surface area contributed by atoms with Crippen molar-refractivity contribution in [3.05, 3.63) is 54.1 Å². The van der Waals surface area contributed by atoms with Crippen molar-refractivity contribution < 1.29 is 27.5 Å². The number of carbonyl (C=O) groups excluding carboxylic acids is 2. The lowest BCUT2D eigenvalue weighted by Crippen LogP contribution is -2.30. The van der Waals surface area contributed by atoms with E-state index in [1.807, 2.05) is 0 Å². The monoisotopic (exact) mass is 339 g/mol. The van der Waals surface area contributed by atoms with Crippen LogP contribution in [-0.4, -0.2) is 27.9 Å². The Bertz CT molecular complexity index is 718. The number of aromatic nitrogens is 2. The van der Waals surface area contributed by atoms with Crippen molar-refractivity contribution in [1.82, 2.24) is 9.97 Å². The molecule has 0 aliphatic rings. The van der Waals surface area contributed by atoms with Gasteiger partial charge >= 0.3 is 12.1 Å². The van der Waals surface area contributed by atoms with E-state index in [0.717, 1.165) is 24.3 Å². The highest BCUT2D eigenvalue weighted by molar-refractivity contribution is 5.96. The van der Waals surface area contributed by atoms with Crippen LogP contribution in [0.3, 0.4) is 0 Å². The Balaban J connectivity index is 1.95. The second-order valence-electron chi connectivity index (χ2n) is 4.70. The lowest BCUT2D eigenvalue weighted by molar-refractivity contribution is -0.137. The van der Waals surface area contributed by atoms with Gasteiger partial charge in [0.1, 0.15) is 0 Å². The molecule has 2 rings (SSSR count). The fraction of sp³-hybridized carbons (Fsp3) is 0.200. The number of amides is 1. The summed E-state index contributed by atoms with van der Waals surface area (Å²) in [6.07, 6.45) is -1.77. The number of carbonyl (C=O) groups is 2. The molecule has 0 spiro atoms. The second kappa shape index (κ2) is 7.07. The highest BCUT2D eigenvalue weighted by atomic mass is 19.4. The van der Waals surface area contributed by atoms with E-state index >= 15 is 0 Å². The van der Waals surface area contributed by atoms with Gasteiger partial charge in [-0.05, 0) is 31.2 Å². The molecule has 0 aliphatic heterocycles. The first-order valence-corrected chi connectivity index (χ1v) is 6.72. The van der Waals surface area contributed by atoms with Crippen molar-refractivity contribution in [3.63, 3.8) is 0 Å². The molecular formula is C15H12F3N3O3. The minimum atomic E-state index is -4.46. The molecule has 1 aromatic heterocycles. The van der Waals surface area contributed by atoms with E-state index in [1.54, 1.807) is 0 Å². The Morgan fingerprint density at radius 3 is 2.38 bits per heavy atom. The minimum Gasteiger partial charge on any atom is -0.448 e. The molecule has 6 nitrogen and oxygen atoms in total. The van der Waals surface area contributed by atoms with Crippen molar-refractivity contribution in [1.29, 1.82) is 0 Å². The number of nitrogens with zero attached hydrogens (tertiary/aromatic N) is 2. The summed E-state index contributed by atoms with van der Waals surface area (Å²) in [5.74, 6) is -1.52. The molecule has 24 heavy (non-hydrogen) atoms. The smallest absolute Gasteiger partial charge is 0.416 e. The van der Waals surface area contributed by atoms with E-state index in [4.69, 9.17) is 4.74 Å². The van der Waals surface area contributed by atoms with E-state index in [1.165, 1.54) is 25.5 Å². The largest absolute Gasteiger partial charge is 0.448 e. The number of ether oxygens (including phenoxy) is 1. The fourth-order valence-corrected chi connectivity index (χ4v) is 1.67. The van der Waals surface area contributed by atoms with Gasteiger partial charge in [-0.25, -0.2) is 9.78 Å². The molecule has 9 heteroatoms. The van der Waals surface area contributed by atoms with Crippen LogP contribution in [0.15, 0.2) is 42.9 Å². The number of halogens is 3. The summed E-state index contributed by atoms with van der Waals surface area (Å²) in [6.45, 7) is 1.33. The average Bonchev–Trinajstić information content (AvgIpc) is 2.55. The maximum absolute atomic E-state index is 12.5. The number of hydrogen-bond acceptors (Lipinski definition) is 5. The van der Waals surface area contributed by atoms with E-state index in [9.17, 15) is 22.8 Å². The Kier molecular flexibility index (Phi) is 5.12. The SMILES string of the molecule is C[C@@H](OC(=O)c1cnccn1)C(=O)Nc1ccc(C(F)(F)F)cc1. The zero-order chi connectivity index (χ0) is 17.7. The Labute approximate surface area is 134 Å². The van der Waals surface area contributed by atoms with Crippen molar-refractivity contribution in [2.45, 2.75) is 19.2 Å². The summed E-state index contributed by atoms with van der Waals surface area (Å²) >= 11 is 0. The van der Waals surface area contributed by atoms with Crippen LogP contribution in [0.2, 0.25) is 0 Å². The summed E-state index contributed by atoms with van der Waals surface area (Å²) in [7, 11) is 0. The maximum atomic E-state index is 12.5. The fourth-order valence-electron chi connectivity index (χ4n) is 1.67. The Morgan fingerprint density at radius 2 is 1.83 bits per heavy atom. The third-order valence-electron chi connectivity index (χ3n) is 2.91. The zero-order valence-corrected chi connectivity index (χ0v) is 12.4. The van der Waals surface area contributed by atoms with Gasteiger partial charge in [0.05, 0.1) is 11.8 Å². The topological polar surface area (TPSA) is 81.2 Å². The average molecular weight is 339 g/mol. The minimum absolute atomic E-state index is 0.0633. The van der Waals surface area contributed by atoms with Gasteiger partial charge in [-0.2, -0.15) is 13.2 Å². The number of anilines is 1. The summed E-state index contributed by atoms with van der Waals surface area (Å²) in [6, 6.07) is 3.90. The lowest BCUT2D eigenvalue weighted by atomic mass is 10.2. The maximum Gasteiger partial charge on any atom is 0.416 e. The summed E-state index contributed by atoms with van der Waals surface area (Å²) in [4.78, 5) is 31.1. The van der Waals surface area contributed by atoms with E-state index < -0.39 is 29.7 Å². The molecule has 0 bridgehead atoms. The molecule has 0 fully saturated rings. The third-order valence-corrected chi connectivity index (χ3v) is 2.91. The van der Waals surface area contributed by atoms with Crippen LogP contribution in [-0.2, 0) is 15.7 Å². The number of hydrogen-bond donors (Lipinski definition) is 1. The summed E-state index contributed by atoms with van der Waals surface area (Å²) in [5.41, 5.74) is -0.746. The Hall–Kier alpha value is -2.97. The van der Waals surface area contributed by atoms with Gasteiger partial charge in [0.2, 0.25) is 0 Å². The van der Waals surface area contributed by atoms with E-state index in [2.05, 4.69) is 15.3 Å². The van der Waals surface area contributed by atoms with Crippen molar-refractivity contribution in [2.75, 3.05) is 5.32 Å². The predicted octanol–water partition coefficient (Wildman–Crippen LogP) is 2.68. The van der Waals surface area contributed by atoms with Crippen LogP contribution in [0.5, 0.6) is 0 Å². The highest BCUT2D eigenvalue weighted by Gasteiger charge is 2.30. The van der Waals surface area contributed by atoms with Gasteiger partial charge in [0.15, 0.2) is 11.8 Å². The van der Waals surface area contributed by atoms with Crippen LogP contribution >= 0.6 is 0 Å². The molecule has 0 saturated carbocycles. The molecule has 1 atom stereocenters. The first-order valence-electron chi connectivity index (χ1n) is 6.72. The Morgan fingerprint density at radius 1 is 1.17 bits per heavy atom. The van der Waals surface area contributed by atoms with Gasteiger partial charge < -0.3 is 10.1 Å². The third kappa shape index (κ3) is 4.51. The number of esters is 1. The van der Waals surface area contributed by atoms with Crippen LogP contribution < -0.4 is 5.32 Å². The number of rotatable bonds is 4. The highest BCUT2D eigenvalue weighted by Crippen LogP contribution is 2.29. The molecule has 1 heterocycles. The summed E-state index contributed by atoms with van der Waals surface area (Å²) < 4.78 is 42.3. The molecule has 0 aliphatic carbocycles. The molecule has 126 valence electrons. The molecule has 0 radical (unpaired) electrons. The standard InChI is InChI=1S/C15H12F3N3O3/c1-9(24-14(23)12-8-19-6-7-20-12)13(22)21-11-4-2-10(3-5-11)15(16,17)18/h2-9H,1H3,(H,21,22)/t9-/m1/s1. The summed E-state index contributed by atoms with van der Waals surface area (Å²) in [5, 5.41) is 2.36. The molecule has 0 unspecified atom stereocenters. The van der Waals surface area contributed by atoms with Gasteiger partial charge in [-0.15, -0.1) is 0 Å². The van der Waals surface area contributed by atoms with Crippen molar-refractivity contribution in [3.8, 4) is 0 Å². The van der Waals surface area contributed by atoms with Gasteiger partial charge in [0, 0.05) is 18.1 Å². The van der Waals surface area contributed by atoms with Crippen molar-refractivity contribution >= 4 is 17.6 Å². The molecular weight excluding hydrogens is 327 g/mol. The van der Waals surface area contributed by atoms with Gasteiger partial charge in [0.25, 0.3) is 5.91 Å². The van der Waals surface area contributed by atoms with E-state index in [0.29, 0.717) is 0 Å². The first kappa shape index (κ1) is 17.4. The first-order chi connectivity index (χ1) is 11.3. The van der Waals surface area contributed by atoms with E-state index in [-0.39, 0.29) is 11.4 Å². The normalized spacial score (nSPS) is 12.3. The lowest BCUT2D eigenvalue weighted by Gasteiger charge is -2.13. The molecule has 1 amide bonds. The van der Waals surface area contributed by atoms with Crippen LogP contribution in [0.25, 0.3) is 0 Å². The van der Waals surface area contributed by atoms with Gasteiger partial charge in [-0.3, -0.25) is 9.78 Å². The van der Waals surface area contributed by atoms with Crippen molar-refractivity contribution in [2.24, 2.45) is 0 Å². The molecule has 1 N–H and O–H groups in total. The second-order valence-corrected chi connectivity index (χ2v) is 4.70. The molecule has 2 aromatic rings. The molecule has 0 saturated heterocycles. The number of alkyl halides is 3. The number of benzene rings is 1. The van der Waals surface area contributed by atoms with Gasteiger partial charge in [-0.1, -0.05) is 0 Å². The quantitative estimate of drug-likeness (QED) is 0.866. The van der Waals surface area contributed by atoms with Crippen LogP contribution in [0.1, 0.15) is 23.0 Å². The van der Waals surface area contributed by atoms with Crippen LogP contribution in [0.4, 0.5) is 18.9 Å². The van der Waals surface area contributed by atoms with Crippen LogP contribution in [0, 0.1) is 0 Å². The predicted molar refractivity (Wildman–Crippen MR) is 77.0 cm³/mol. The number of nitrogens with one attached hydrogen (secondary N) is 1. The zero-order valence-electron chi connectivity index (χ0n) is 12.4. The molecule has 1 aromatic carbocycles.